The van der Waals surface area contributed by atoms with E-state index in [0.717, 1.165) is 45.3 Å². The molecule has 0 aromatic heterocycles. The maximum Gasteiger partial charge on any atom is 0.104 e. The molecule has 1 aliphatic heterocycles. The Kier molecular flexibility index (Phi) is 6.78. The van der Waals surface area contributed by atoms with Gasteiger partial charge in [0.05, 0.1) is 12.2 Å². The number of unbranched alkanes of at least 4 members (excludes halogenated alkanes) is 1. The Morgan fingerprint density at radius 3 is 2.74 bits per heavy atom. The molecule has 0 bridgehead atoms. The number of hydrogen-bond acceptors (Lipinski definition) is 4. The minimum atomic E-state index is -0.381. The van der Waals surface area contributed by atoms with Gasteiger partial charge in [0.2, 0.25) is 0 Å². The number of likely N-dealkylation sites (tertiary alicyclic amines) is 1. The molecule has 2 atom stereocenters. The van der Waals surface area contributed by atoms with Crippen LogP contribution in [0.15, 0.2) is 0 Å². The molecule has 0 spiro atoms. The van der Waals surface area contributed by atoms with Gasteiger partial charge in [-0.1, -0.05) is 0 Å². The largest absolute Gasteiger partial charge is 0.380 e. The summed E-state index contributed by atoms with van der Waals surface area (Å²) in [4.78, 5) is 2.47. The summed E-state index contributed by atoms with van der Waals surface area (Å²) in [5, 5.41) is 12.6. The van der Waals surface area contributed by atoms with Crippen molar-refractivity contribution in [2.45, 2.75) is 64.1 Å². The Morgan fingerprint density at radius 2 is 2.21 bits per heavy atom. The molecule has 1 rings (SSSR count). The highest BCUT2D eigenvalue weighted by molar-refractivity contribution is 5.04. The monoisotopic (exact) mass is 267 g/mol. The zero-order chi connectivity index (χ0) is 14.3. The molecular weight excluding hydrogens is 238 g/mol. The molecule has 0 radical (unpaired) electrons. The molecule has 1 saturated heterocycles. The molecule has 0 aliphatic carbocycles. The highest BCUT2D eigenvalue weighted by Crippen LogP contribution is 2.16. The summed E-state index contributed by atoms with van der Waals surface area (Å²) in [6.45, 7) is 9.52. The average molecular weight is 267 g/mol. The van der Waals surface area contributed by atoms with E-state index in [1.165, 1.54) is 0 Å². The molecule has 2 unspecified atom stereocenters. The summed E-state index contributed by atoms with van der Waals surface area (Å²) in [6.07, 6.45) is 4.75. The zero-order valence-electron chi connectivity index (χ0n) is 12.9. The van der Waals surface area contributed by atoms with Crippen LogP contribution in [0, 0.1) is 11.3 Å². The fourth-order valence-corrected chi connectivity index (χ4v) is 2.80. The van der Waals surface area contributed by atoms with E-state index in [0.29, 0.717) is 12.1 Å². The van der Waals surface area contributed by atoms with Gasteiger partial charge in [-0.3, -0.25) is 5.32 Å². The van der Waals surface area contributed by atoms with Gasteiger partial charge < -0.3 is 9.64 Å². The van der Waals surface area contributed by atoms with Gasteiger partial charge in [-0.2, -0.15) is 5.26 Å². The summed E-state index contributed by atoms with van der Waals surface area (Å²) in [6, 6.07) is 2.76. The maximum atomic E-state index is 9.27. The van der Waals surface area contributed by atoms with Crippen LogP contribution in [0.4, 0.5) is 0 Å². The van der Waals surface area contributed by atoms with E-state index in [2.05, 4.69) is 30.1 Å². The molecular formula is C15H29N3O. The van der Waals surface area contributed by atoms with E-state index in [9.17, 15) is 5.26 Å². The van der Waals surface area contributed by atoms with Crippen molar-refractivity contribution in [2.24, 2.45) is 0 Å². The van der Waals surface area contributed by atoms with Gasteiger partial charge in [-0.05, 0) is 53.0 Å². The van der Waals surface area contributed by atoms with Crippen molar-refractivity contribution in [1.82, 2.24) is 10.2 Å². The fourth-order valence-electron chi connectivity index (χ4n) is 2.80. The topological polar surface area (TPSA) is 48.3 Å². The number of methoxy groups -OCH3 is 1. The molecule has 19 heavy (non-hydrogen) atoms. The average Bonchev–Trinajstić information content (AvgIpc) is 2.82. The highest BCUT2D eigenvalue weighted by atomic mass is 16.5. The molecule has 4 nitrogen and oxygen atoms in total. The number of hydrogen-bond donors (Lipinski definition) is 1. The van der Waals surface area contributed by atoms with Crippen LogP contribution in [-0.4, -0.2) is 49.3 Å². The third-order valence-corrected chi connectivity index (χ3v) is 3.82. The van der Waals surface area contributed by atoms with Crippen LogP contribution < -0.4 is 5.32 Å². The Hall–Kier alpha value is -0.630. The SMILES string of the molecule is COC1CCN(CCCCC(C)(C#N)NC(C)C)C1. The number of nitriles is 1. The van der Waals surface area contributed by atoms with Crippen LogP contribution in [-0.2, 0) is 4.74 Å². The highest BCUT2D eigenvalue weighted by Gasteiger charge is 2.24. The van der Waals surface area contributed by atoms with Gasteiger partial charge in [0.1, 0.15) is 5.54 Å². The second kappa shape index (κ2) is 7.84. The van der Waals surface area contributed by atoms with Crippen molar-refractivity contribution >= 4 is 0 Å². The minimum Gasteiger partial charge on any atom is -0.380 e. The van der Waals surface area contributed by atoms with Crippen LogP contribution >= 0.6 is 0 Å². The van der Waals surface area contributed by atoms with Crippen LogP contribution in [0.3, 0.4) is 0 Å². The van der Waals surface area contributed by atoms with Gasteiger partial charge >= 0.3 is 0 Å². The first kappa shape index (κ1) is 16.4. The molecule has 0 amide bonds. The third kappa shape index (κ3) is 5.90. The zero-order valence-corrected chi connectivity index (χ0v) is 12.9. The standard InChI is InChI=1S/C15H29N3O/c1-13(2)17-15(3,12-16)8-5-6-9-18-10-7-14(11-18)19-4/h13-14,17H,5-11H2,1-4H3. The molecule has 0 saturated carbocycles. The van der Waals surface area contributed by atoms with Crippen molar-refractivity contribution < 1.29 is 4.74 Å². The van der Waals surface area contributed by atoms with E-state index >= 15 is 0 Å². The van der Waals surface area contributed by atoms with Crippen molar-refractivity contribution in [3.63, 3.8) is 0 Å². The lowest BCUT2D eigenvalue weighted by molar-refractivity contribution is 0.108. The van der Waals surface area contributed by atoms with Crippen molar-refractivity contribution in [3.05, 3.63) is 0 Å². The van der Waals surface area contributed by atoms with Crippen LogP contribution in [0.5, 0.6) is 0 Å². The maximum absolute atomic E-state index is 9.27. The normalized spacial score (nSPS) is 23.5. The molecule has 4 heteroatoms. The second-order valence-electron chi connectivity index (χ2n) is 6.15. The molecule has 0 aromatic carbocycles. The third-order valence-electron chi connectivity index (χ3n) is 3.82. The predicted octanol–water partition coefficient (Wildman–Crippen LogP) is 2.16. The molecule has 0 aromatic rings. The Bertz CT molecular complexity index is 300. The van der Waals surface area contributed by atoms with E-state index in [1.54, 1.807) is 7.11 Å². The van der Waals surface area contributed by atoms with E-state index < -0.39 is 0 Å². The van der Waals surface area contributed by atoms with Crippen molar-refractivity contribution in [3.8, 4) is 6.07 Å². The molecule has 110 valence electrons. The quantitative estimate of drug-likeness (QED) is 0.685. The first-order valence-corrected chi connectivity index (χ1v) is 7.43. The number of ether oxygens (including phenoxy) is 1. The number of nitrogens with zero attached hydrogens (tertiary/aromatic N) is 2. The predicted molar refractivity (Wildman–Crippen MR) is 78.0 cm³/mol. The second-order valence-corrected chi connectivity index (χ2v) is 6.15. The Labute approximate surface area is 118 Å². The number of nitrogens with one attached hydrogen (secondary N) is 1. The summed E-state index contributed by atoms with van der Waals surface area (Å²) in [7, 11) is 1.80. The lowest BCUT2D eigenvalue weighted by atomic mass is 9.95. The first-order valence-electron chi connectivity index (χ1n) is 7.43. The van der Waals surface area contributed by atoms with Gasteiger partial charge in [0.25, 0.3) is 0 Å². The summed E-state index contributed by atoms with van der Waals surface area (Å²) >= 11 is 0. The summed E-state index contributed by atoms with van der Waals surface area (Å²) in [5.74, 6) is 0. The van der Waals surface area contributed by atoms with Gasteiger partial charge in [0.15, 0.2) is 0 Å². The van der Waals surface area contributed by atoms with E-state index in [-0.39, 0.29) is 5.54 Å². The van der Waals surface area contributed by atoms with Crippen LogP contribution in [0.25, 0.3) is 0 Å². The van der Waals surface area contributed by atoms with E-state index in [1.807, 2.05) is 6.92 Å². The van der Waals surface area contributed by atoms with Crippen LogP contribution in [0.2, 0.25) is 0 Å². The first-order chi connectivity index (χ1) is 8.99. The molecule has 1 heterocycles. The number of rotatable bonds is 8. The van der Waals surface area contributed by atoms with Crippen LogP contribution in [0.1, 0.15) is 46.5 Å². The molecule has 1 N–H and O–H groups in total. The van der Waals surface area contributed by atoms with Gasteiger partial charge in [-0.25, -0.2) is 0 Å². The summed E-state index contributed by atoms with van der Waals surface area (Å²) in [5.41, 5.74) is -0.381. The Morgan fingerprint density at radius 1 is 1.47 bits per heavy atom. The fraction of sp³-hybridized carbons (Fsp3) is 0.933. The lowest BCUT2D eigenvalue weighted by Gasteiger charge is -2.26. The van der Waals surface area contributed by atoms with E-state index in [4.69, 9.17) is 4.74 Å². The molecule has 1 aliphatic rings. The van der Waals surface area contributed by atoms with Gasteiger partial charge in [-0.15, -0.1) is 0 Å². The lowest BCUT2D eigenvalue weighted by Crippen LogP contribution is -2.44. The van der Waals surface area contributed by atoms with Gasteiger partial charge in [0, 0.05) is 26.2 Å². The Balaban J connectivity index is 2.18. The molecule has 1 fully saturated rings. The van der Waals surface area contributed by atoms with Crippen molar-refractivity contribution in [2.75, 3.05) is 26.7 Å². The smallest absolute Gasteiger partial charge is 0.104 e. The summed E-state index contributed by atoms with van der Waals surface area (Å²) < 4.78 is 5.37. The van der Waals surface area contributed by atoms with Crippen molar-refractivity contribution in [1.29, 1.82) is 5.26 Å². The minimum absolute atomic E-state index is 0.352.